The van der Waals surface area contributed by atoms with Crippen molar-refractivity contribution in [2.24, 2.45) is 0 Å². The number of carbonyl (C=O) groups excluding carboxylic acids is 1. The molecule has 0 saturated carbocycles. The van der Waals surface area contributed by atoms with E-state index in [0.29, 0.717) is 6.42 Å². The summed E-state index contributed by atoms with van der Waals surface area (Å²) in [4.78, 5) is 14.2. The Morgan fingerprint density at radius 1 is 1.33 bits per heavy atom. The summed E-state index contributed by atoms with van der Waals surface area (Å²) >= 11 is 0. The molecule has 3 nitrogen and oxygen atoms in total. The zero-order chi connectivity index (χ0) is 12.8. The fourth-order valence-electron chi connectivity index (χ4n) is 2.42. The van der Waals surface area contributed by atoms with Crippen molar-refractivity contribution in [1.82, 2.24) is 5.32 Å². The summed E-state index contributed by atoms with van der Waals surface area (Å²) < 4.78 is 0. The van der Waals surface area contributed by atoms with Gasteiger partial charge in [0, 0.05) is 25.2 Å². The van der Waals surface area contributed by atoms with Crippen molar-refractivity contribution in [3.8, 4) is 0 Å². The molecule has 1 N–H and O–H groups in total. The molecule has 1 aliphatic rings. The van der Waals surface area contributed by atoms with Gasteiger partial charge in [-0.1, -0.05) is 25.1 Å². The van der Waals surface area contributed by atoms with Gasteiger partial charge < -0.3 is 10.2 Å². The van der Waals surface area contributed by atoms with E-state index in [4.69, 9.17) is 0 Å². The Balaban J connectivity index is 1.95. The maximum absolute atomic E-state index is 12.2. The maximum Gasteiger partial charge on any atom is 0.228 e. The van der Waals surface area contributed by atoms with E-state index in [1.165, 1.54) is 5.56 Å². The average molecular weight is 246 g/mol. The SMILES string of the molecule is CCCNCCC(=O)N1CCCc2ccccc21. The van der Waals surface area contributed by atoms with Crippen LogP contribution in [0.4, 0.5) is 5.69 Å². The molecule has 98 valence electrons. The van der Waals surface area contributed by atoms with Crippen LogP contribution in [0.1, 0.15) is 31.7 Å². The second-order valence-electron chi connectivity index (χ2n) is 4.78. The molecule has 1 aliphatic heterocycles. The van der Waals surface area contributed by atoms with Crippen LogP contribution in [0.5, 0.6) is 0 Å². The first-order valence-electron chi connectivity index (χ1n) is 6.92. The van der Waals surface area contributed by atoms with Gasteiger partial charge in [0.15, 0.2) is 0 Å². The molecule has 0 aromatic heterocycles. The number of hydrogen-bond donors (Lipinski definition) is 1. The van der Waals surface area contributed by atoms with Crippen molar-refractivity contribution in [3.63, 3.8) is 0 Å². The third-order valence-electron chi connectivity index (χ3n) is 3.35. The molecule has 0 saturated heterocycles. The number of hydrogen-bond acceptors (Lipinski definition) is 2. The van der Waals surface area contributed by atoms with Gasteiger partial charge in [-0.15, -0.1) is 0 Å². The van der Waals surface area contributed by atoms with E-state index in [9.17, 15) is 4.79 Å². The smallest absolute Gasteiger partial charge is 0.228 e. The van der Waals surface area contributed by atoms with Crippen molar-refractivity contribution in [2.45, 2.75) is 32.6 Å². The Kier molecular flexibility index (Phi) is 4.76. The number of anilines is 1. The van der Waals surface area contributed by atoms with Crippen LogP contribution >= 0.6 is 0 Å². The second kappa shape index (κ2) is 6.55. The van der Waals surface area contributed by atoms with Gasteiger partial charge in [0.2, 0.25) is 5.91 Å². The Hall–Kier alpha value is -1.35. The zero-order valence-corrected chi connectivity index (χ0v) is 11.1. The van der Waals surface area contributed by atoms with Gasteiger partial charge in [0.05, 0.1) is 0 Å². The molecule has 2 rings (SSSR count). The van der Waals surface area contributed by atoms with Crippen LogP contribution in [0.25, 0.3) is 0 Å². The van der Waals surface area contributed by atoms with Gasteiger partial charge in [0.25, 0.3) is 0 Å². The van der Waals surface area contributed by atoms with Crippen molar-refractivity contribution in [1.29, 1.82) is 0 Å². The van der Waals surface area contributed by atoms with Crippen LogP contribution in [0.3, 0.4) is 0 Å². The minimum absolute atomic E-state index is 0.241. The average Bonchev–Trinajstić information content (AvgIpc) is 2.43. The molecule has 0 aliphatic carbocycles. The van der Waals surface area contributed by atoms with Gasteiger partial charge in [-0.25, -0.2) is 0 Å². The number of amides is 1. The molecule has 1 aromatic rings. The van der Waals surface area contributed by atoms with Crippen molar-refractivity contribution in [2.75, 3.05) is 24.5 Å². The highest BCUT2D eigenvalue weighted by atomic mass is 16.2. The van der Waals surface area contributed by atoms with Crippen LogP contribution in [-0.4, -0.2) is 25.5 Å². The molecule has 18 heavy (non-hydrogen) atoms. The second-order valence-corrected chi connectivity index (χ2v) is 4.78. The van der Waals surface area contributed by atoms with E-state index < -0.39 is 0 Å². The third kappa shape index (κ3) is 3.10. The van der Waals surface area contributed by atoms with Crippen LogP contribution in [0.2, 0.25) is 0 Å². The molecule has 1 amide bonds. The van der Waals surface area contributed by atoms with Crippen LogP contribution in [0.15, 0.2) is 24.3 Å². The number of nitrogens with one attached hydrogen (secondary N) is 1. The molecule has 0 unspecified atom stereocenters. The van der Waals surface area contributed by atoms with Crippen molar-refractivity contribution in [3.05, 3.63) is 29.8 Å². The molecule has 0 fully saturated rings. The van der Waals surface area contributed by atoms with E-state index in [2.05, 4.69) is 30.4 Å². The largest absolute Gasteiger partial charge is 0.316 e. The van der Waals surface area contributed by atoms with Gasteiger partial charge in [0.1, 0.15) is 0 Å². The van der Waals surface area contributed by atoms with Crippen LogP contribution in [-0.2, 0) is 11.2 Å². The maximum atomic E-state index is 12.2. The number of carbonyl (C=O) groups is 1. The third-order valence-corrected chi connectivity index (χ3v) is 3.35. The van der Waals surface area contributed by atoms with E-state index >= 15 is 0 Å². The lowest BCUT2D eigenvalue weighted by atomic mass is 10.0. The summed E-state index contributed by atoms with van der Waals surface area (Å²) in [6.07, 6.45) is 3.87. The number of nitrogens with zero attached hydrogens (tertiary/aromatic N) is 1. The lowest BCUT2D eigenvalue weighted by Gasteiger charge is -2.29. The summed E-state index contributed by atoms with van der Waals surface area (Å²) in [5, 5.41) is 3.28. The lowest BCUT2D eigenvalue weighted by Crippen LogP contribution is -2.37. The topological polar surface area (TPSA) is 32.3 Å². The molecule has 1 heterocycles. The molecule has 0 spiro atoms. The Morgan fingerprint density at radius 2 is 2.17 bits per heavy atom. The van der Waals surface area contributed by atoms with E-state index in [1.54, 1.807) is 0 Å². The summed E-state index contributed by atoms with van der Waals surface area (Å²) in [6.45, 7) is 4.77. The molecule has 3 heteroatoms. The number of aryl methyl sites for hydroxylation is 1. The molecule has 0 atom stereocenters. The number of rotatable bonds is 5. The van der Waals surface area contributed by atoms with Crippen LogP contribution in [0, 0.1) is 0 Å². The molecule has 0 radical (unpaired) electrons. The minimum atomic E-state index is 0.241. The first-order chi connectivity index (χ1) is 8.83. The van der Waals surface area contributed by atoms with Gasteiger partial charge >= 0.3 is 0 Å². The number of benzene rings is 1. The van der Waals surface area contributed by atoms with E-state index in [-0.39, 0.29) is 5.91 Å². The van der Waals surface area contributed by atoms with Gasteiger partial charge in [-0.2, -0.15) is 0 Å². The number of fused-ring (bicyclic) bond motifs is 1. The van der Waals surface area contributed by atoms with Gasteiger partial charge in [-0.3, -0.25) is 4.79 Å². The van der Waals surface area contributed by atoms with E-state index in [1.807, 2.05) is 11.0 Å². The molecule has 1 aromatic carbocycles. The fourth-order valence-corrected chi connectivity index (χ4v) is 2.42. The first kappa shape index (κ1) is 13.1. The normalized spacial score (nSPS) is 14.4. The molecular weight excluding hydrogens is 224 g/mol. The Morgan fingerprint density at radius 3 is 3.00 bits per heavy atom. The first-order valence-corrected chi connectivity index (χ1v) is 6.92. The Labute approximate surface area is 109 Å². The van der Waals surface area contributed by atoms with Crippen molar-refractivity contribution >= 4 is 11.6 Å². The standard InChI is InChI=1S/C15H22N2O/c1-2-10-16-11-9-15(18)17-12-5-7-13-6-3-4-8-14(13)17/h3-4,6,8,16H,2,5,7,9-12H2,1H3. The quantitative estimate of drug-likeness (QED) is 0.809. The molecule has 0 bridgehead atoms. The summed E-state index contributed by atoms with van der Waals surface area (Å²) in [5.41, 5.74) is 2.42. The summed E-state index contributed by atoms with van der Waals surface area (Å²) in [5.74, 6) is 0.241. The Bertz CT molecular complexity index is 403. The monoisotopic (exact) mass is 246 g/mol. The minimum Gasteiger partial charge on any atom is -0.316 e. The predicted molar refractivity (Wildman–Crippen MR) is 74.9 cm³/mol. The lowest BCUT2D eigenvalue weighted by molar-refractivity contribution is -0.118. The summed E-state index contributed by atoms with van der Waals surface area (Å²) in [7, 11) is 0. The van der Waals surface area contributed by atoms with Crippen LogP contribution < -0.4 is 10.2 Å². The van der Waals surface area contributed by atoms with Gasteiger partial charge in [-0.05, 0) is 37.4 Å². The zero-order valence-electron chi connectivity index (χ0n) is 11.1. The highest BCUT2D eigenvalue weighted by molar-refractivity contribution is 5.94. The highest BCUT2D eigenvalue weighted by Crippen LogP contribution is 2.26. The van der Waals surface area contributed by atoms with E-state index in [0.717, 1.165) is 44.6 Å². The predicted octanol–water partition coefficient (Wildman–Crippen LogP) is 2.36. The van der Waals surface area contributed by atoms with Crippen molar-refractivity contribution < 1.29 is 4.79 Å². The fraction of sp³-hybridized carbons (Fsp3) is 0.533. The highest BCUT2D eigenvalue weighted by Gasteiger charge is 2.21. The number of para-hydroxylation sites is 1. The summed E-state index contributed by atoms with van der Waals surface area (Å²) in [6, 6.07) is 8.26. The molecular formula is C15H22N2O.